The first kappa shape index (κ1) is 16.0. The predicted octanol–water partition coefficient (Wildman–Crippen LogP) is 2.79. The van der Waals surface area contributed by atoms with E-state index in [1.54, 1.807) is 16.2 Å². The fourth-order valence-electron chi connectivity index (χ4n) is 2.78. The lowest BCUT2D eigenvalue weighted by molar-refractivity contribution is -0.150. The van der Waals surface area contributed by atoms with Crippen LogP contribution in [0.15, 0.2) is 16.8 Å². The van der Waals surface area contributed by atoms with Crippen LogP contribution in [0.2, 0.25) is 0 Å². The van der Waals surface area contributed by atoms with Crippen molar-refractivity contribution in [2.75, 3.05) is 0 Å². The SMILES string of the molecule is CCCC1C(=O)NC(CC(C)C)C(=O)N1Cc1ccsc1. The molecule has 4 nitrogen and oxygen atoms in total. The van der Waals surface area contributed by atoms with Gasteiger partial charge in [0, 0.05) is 6.54 Å². The summed E-state index contributed by atoms with van der Waals surface area (Å²) in [6.07, 6.45) is 2.31. The van der Waals surface area contributed by atoms with E-state index in [0.717, 1.165) is 18.4 Å². The van der Waals surface area contributed by atoms with Gasteiger partial charge in [-0.2, -0.15) is 11.3 Å². The maximum Gasteiger partial charge on any atom is 0.246 e. The average Bonchev–Trinajstić information content (AvgIpc) is 2.92. The van der Waals surface area contributed by atoms with Crippen molar-refractivity contribution < 1.29 is 9.59 Å². The third-order valence-corrected chi connectivity index (χ3v) is 4.51. The monoisotopic (exact) mass is 308 g/mol. The number of hydrogen-bond donors (Lipinski definition) is 1. The summed E-state index contributed by atoms with van der Waals surface area (Å²) in [6.45, 7) is 6.72. The summed E-state index contributed by atoms with van der Waals surface area (Å²) < 4.78 is 0. The van der Waals surface area contributed by atoms with Gasteiger partial charge in [-0.05, 0) is 41.1 Å². The van der Waals surface area contributed by atoms with Crippen LogP contribution in [0.1, 0.15) is 45.6 Å². The van der Waals surface area contributed by atoms with Gasteiger partial charge in [0.25, 0.3) is 0 Å². The van der Waals surface area contributed by atoms with Crippen LogP contribution in [0.25, 0.3) is 0 Å². The maximum absolute atomic E-state index is 12.7. The molecule has 0 aliphatic carbocycles. The third-order valence-electron chi connectivity index (χ3n) is 3.78. The molecule has 2 unspecified atom stereocenters. The molecule has 2 atom stereocenters. The number of piperazine rings is 1. The summed E-state index contributed by atoms with van der Waals surface area (Å²) in [5.74, 6) is 0.440. The highest BCUT2D eigenvalue weighted by molar-refractivity contribution is 7.07. The molecule has 1 aromatic rings. The molecule has 0 spiro atoms. The first-order valence-electron chi connectivity index (χ1n) is 7.64. The van der Waals surface area contributed by atoms with Gasteiger partial charge in [0.05, 0.1) is 0 Å². The van der Waals surface area contributed by atoms with E-state index < -0.39 is 0 Å². The van der Waals surface area contributed by atoms with Crippen molar-refractivity contribution in [1.29, 1.82) is 0 Å². The molecule has 0 aromatic carbocycles. The third kappa shape index (κ3) is 3.84. The minimum absolute atomic E-state index is 0.00247. The van der Waals surface area contributed by atoms with Gasteiger partial charge in [0.1, 0.15) is 12.1 Å². The zero-order valence-electron chi connectivity index (χ0n) is 13.0. The molecule has 2 rings (SSSR count). The Labute approximate surface area is 130 Å². The second-order valence-corrected chi connectivity index (χ2v) is 6.87. The molecule has 1 aliphatic heterocycles. The van der Waals surface area contributed by atoms with Crippen LogP contribution in [0, 0.1) is 5.92 Å². The Hall–Kier alpha value is -1.36. The van der Waals surface area contributed by atoms with Crippen molar-refractivity contribution in [3.05, 3.63) is 22.4 Å². The summed E-state index contributed by atoms with van der Waals surface area (Å²) in [5.41, 5.74) is 1.10. The van der Waals surface area contributed by atoms with Crippen LogP contribution in [-0.4, -0.2) is 28.8 Å². The Morgan fingerprint density at radius 2 is 2.14 bits per heavy atom. The van der Waals surface area contributed by atoms with Crippen molar-refractivity contribution in [3.63, 3.8) is 0 Å². The van der Waals surface area contributed by atoms with Gasteiger partial charge in [-0.1, -0.05) is 27.2 Å². The lowest BCUT2D eigenvalue weighted by Gasteiger charge is -2.39. The van der Waals surface area contributed by atoms with Crippen LogP contribution < -0.4 is 5.32 Å². The van der Waals surface area contributed by atoms with E-state index >= 15 is 0 Å². The number of thiophene rings is 1. The van der Waals surface area contributed by atoms with Crippen LogP contribution in [0.3, 0.4) is 0 Å². The standard InChI is InChI=1S/C16H24N2O2S/c1-4-5-14-15(19)17-13(8-11(2)3)16(20)18(14)9-12-6-7-21-10-12/h6-7,10-11,13-14H,4-5,8-9H2,1-3H3,(H,17,19). The Balaban J connectivity index is 2.19. The molecule has 1 fully saturated rings. The molecule has 1 aromatic heterocycles. The lowest BCUT2D eigenvalue weighted by Crippen LogP contribution is -2.63. The summed E-state index contributed by atoms with van der Waals surface area (Å²) in [6, 6.07) is 1.32. The van der Waals surface area contributed by atoms with Gasteiger partial charge in [-0.25, -0.2) is 0 Å². The Bertz CT molecular complexity index is 484. The fraction of sp³-hybridized carbons (Fsp3) is 0.625. The summed E-state index contributed by atoms with van der Waals surface area (Å²) in [7, 11) is 0. The van der Waals surface area contributed by atoms with Crippen molar-refractivity contribution >= 4 is 23.2 Å². The van der Waals surface area contributed by atoms with E-state index in [1.807, 2.05) is 23.8 Å². The molecule has 2 heterocycles. The highest BCUT2D eigenvalue weighted by Crippen LogP contribution is 2.22. The minimum Gasteiger partial charge on any atom is -0.342 e. The Morgan fingerprint density at radius 3 is 2.71 bits per heavy atom. The number of hydrogen-bond acceptors (Lipinski definition) is 3. The number of nitrogens with one attached hydrogen (secondary N) is 1. The van der Waals surface area contributed by atoms with Gasteiger partial charge < -0.3 is 10.2 Å². The van der Waals surface area contributed by atoms with Crippen LogP contribution >= 0.6 is 11.3 Å². The van der Waals surface area contributed by atoms with Gasteiger partial charge in [0.2, 0.25) is 11.8 Å². The van der Waals surface area contributed by atoms with Gasteiger partial charge >= 0.3 is 0 Å². The Morgan fingerprint density at radius 1 is 1.38 bits per heavy atom. The largest absolute Gasteiger partial charge is 0.342 e. The molecule has 0 radical (unpaired) electrons. The van der Waals surface area contributed by atoms with Crippen LogP contribution in [0.5, 0.6) is 0 Å². The first-order valence-corrected chi connectivity index (χ1v) is 8.59. The zero-order chi connectivity index (χ0) is 15.4. The summed E-state index contributed by atoms with van der Waals surface area (Å²) in [4.78, 5) is 26.9. The van der Waals surface area contributed by atoms with E-state index in [0.29, 0.717) is 18.9 Å². The number of carbonyl (C=O) groups is 2. The number of rotatable bonds is 6. The molecule has 2 amide bonds. The highest BCUT2D eigenvalue weighted by atomic mass is 32.1. The molecule has 1 saturated heterocycles. The maximum atomic E-state index is 12.7. The van der Waals surface area contributed by atoms with E-state index in [4.69, 9.17) is 0 Å². The van der Waals surface area contributed by atoms with E-state index in [9.17, 15) is 9.59 Å². The van der Waals surface area contributed by atoms with E-state index in [-0.39, 0.29) is 23.9 Å². The number of nitrogens with zero attached hydrogens (tertiary/aromatic N) is 1. The predicted molar refractivity (Wildman–Crippen MR) is 85.0 cm³/mol. The van der Waals surface area contributed by atoms with Crippen molar-refractivity contribution in [1.82, 2.24) is 10.2 Å². The second-order valence-electron chi connectivity index (χ2n) is 6.09. The van der Waals surface area contributed by atoms with Gasteiger partial charge in [-0.15, -0.1) is 0 Å². The summed E-state index contributed by atoms with van der Waals surface area (Å²) in [5, 5.41) is 6.96. The quantitative estimate of drug-likeness (QED) is 0.878. The van der Waals surface area contributed by atoms with Crippen molar-refractivity contribution in [2.45, 2.75) is 58.7 Å². The molecular weight excluding hydrogens is 284 g/mol. The zero-order valence-corrected chi connectivity index (χ0v) is 13.8. The van der Waals surface area contributed by atoms with E-state index in [2.05, 4.69) is 19.2 Å². The highest BCUT2D eigenvalue weighted by Gasteiger charge is 2.39. The second kappa shape index (κ2) is 7.07. The normalized spacial score (nSPS) is 22.8. The number of amides is 2. The van der Waals surface area contributed by atoms with Crippen molar-refractivity contribution in [3.8, 4) is 0 Å². The van der Waals surface area contributed by atoms with Crippen LogP contribution in [0.4, 0.5) is 0 Å². The fourth-order valence-corrected chi connectivity index (χ4v) is 3.44. The smallest absolute Gasteiger partial charge is 0.246 e. The van der Waals surface area contributed by atoms with Gasteiger partial charge in [0.15, 0.2) is 0 Å². The Kier molecular flexibility index (Phi) is 5.39. The van der Waals surface area contributed by atoms with Crippen molar-refractivity contribution in [2.24, 2.45) is 5.92 Å². The lowest BCUT2D eigenvalue weighted by atomic mass is 9.96. The van der Waals surface area contributed by atoms with Gasteiger partial charge in [-0.3, -0.25) is 9.59 Å². The number of carbonyl (C=O) groups excluding carboxylic acids is 2. The molecule has 1 aliphatic rings. The molecule has 1 N–H and O–H groups in total. The molecule has 116 valence electrons. The molecule has 5 heteroatoms. The molecule has 0 bridgehead atoms. The topological polar surface area (TPSA) is 49.4 Å². The average molecular weight is 308 g/mol. The first-order chi connectivity index (χ1) is 10.0. The van der Waals surface area contributed by atoms with Crippen LogP contribution in [-0.2, 0) is 16.1 Å². The van der Waals surface area contributed by atoms with E-state index in [1.165, 1.54) is 0 Å². The molecule has 0 saturated carbocycles. The molecule has 21 heavy (non-hydrogen) atoms. The summed E-state index contributed by atoms with van der Waals surface area (Å²) >= 11 is 1.62. The minimum atomic E-state index is -0.371. The molecular formula is C16H24N2O2S.